The van der Waals surface area contributed by atoms with Crippen molar-refractivity contribution in [2.75, 3.05) is 12.8 Å². The van der Waals surface area contributed by atoms with Gasteiger partial charge in [0.2, 0.25) is 0 Å². The lowest BCUT2D eigenvalue weighted by Crippen LogP contribution is -2.24. The molecular weight excluding hydrogens is 292 g/mol. The van der Waals surface area contributed by atoms with Gasteiger partial charge in [-0.05, 0) is 18.6 Å². The number of aromatic amines is 1. The molecule has 0 bridgehead atoms. The van der Waals surface area contributed by atoms with E-state index in [1.165, 1.54) is 0 Å². The molecule has 112 valence electrons. The number of ether oxygens (including phenoxy) is 1. The number of hydrogen-bond donors (Lipinski definition) is 3. The van der Waals surface area contributed by atoms with E-state index in [0.29, 0.717) is 28.4 Å². The second-order valence-corrected chi connectivity index (χ2v) is 4.83. The molecular formula is C14H17ClN4O2. The van der Waals surface area contributed by atoms with E-state index in [1.807, 2.05) is 6.92 Å². The van der Waals surface area contributed by atoms with E-state index >= 15 is 0 Å². The van der Waals surface area contributed by atoms with Gasteiger partial charge in [0.15, 0.2) is 5.69 Å². The Labute approximate surface area is 127 Å². The van der Waals surface area contributed by atoms with Gasteiger partial charge in [0.25, 0.3) is 5.91 Å². The lowest BCUT2D eigenvalue weighted by Gasteiger charge is -2.11. The van der Waals surface area contributed by atoms with Crippen LogP contribution in [0.25, 0.3) is 0 Å². The normalized spacial score (nSPS) is 10.4. The molecule has 0 aliphatic heterocycles. The number of benzene rings is 1. The van der Waals surface area contributed by atoms with Crippen molar-refractivity contribution in [1.82, 2.24) is 15.5 Å². The Kier molecular flexibility index (Phi) is 4.70. The van der Waals surface area contributed by atoms with Crippen LogP contribution in [0.5, 0.6) is 5.75 Å². The van der Waals surface area contributed by atoms with E-state index in [0.717, 1.165) is 5.69 Å². The summed E-state index contributed by atoms with van der Waals surface area (Å²) in [7, 11) is 1.55. The molecule has 2 aromatic rings. The van der Waals surface area contributed by atoms with Gasteiger partial charge in [0.05, 0.1) is 18.5 Å². The highest BCUT2D eigenvalue weighted by atomic mass is 35.5. The van der Waals surface area contributed by atoms with Gasteiger partial charge in [-0.25, -0.2) is 0 Å². The minimum absolute atomic E-state index is 0.192. The summed E-state index contributed by atoms with van der Waals surface area (Å²) < 4.78 is 5.23. The fourth-order valence-electron chi connectivity index (χ4n) is 1.98. The number of nitrogens with two attached hydrogens (primary N) is 1. The zero-order valence-corrected chi connectivity index (χ0v) is 12.6. The Morgan fingerprint density at radius 2 is 2.29 bits per heavy atom. The average Bonchev–Trinajstić information content (AvgIpc) is 2.86. The Hall–Kier alpha value is -2.21. The molecule has 1 heterocycles. The van der Waals surface area contributed by atoms with Crippen LogP contribution in [0, 0.1) is 0 Å². The highest BCUT2D eigenvalue weighted by Crippen LogP contribution is 2.26. The van der Waals surface area contributed by atoms with Crippen LogP contribution in [0.4, 0.5) is 5.69 Å². The standard InChI is InChI=1S/C14H17ClN4O2/c1-3-10-12(16)13(19-18-10)14(20)17-7-8-9(15)5-4-6-11(8)21-2/h4-6H,3,7,16H2,1-2H3,(H,17,20)(H,18,19). The third kappa shape index (κ3) is 3.11. The largest absolute Gasteiger partial charge is 0.496 e. The molecule has 2 rings (SSSR count). The third-order valence-electron chi connectivity index (χ3n) is 3.17. The van der Waals surface area contributed by atoms with Crippen LogP contribution >= 0.6 is 11.6 Å². The molecule has 1 aromatic heterocycles. The fourth-order valence-corrected chi connectivity index (χ4v) is 2.22. The van der Waals surface area contributed by atoms with E-state index < -0.39 is 0 Å². The van der Waals surface area contributed by atoms with E-state index in [4.69, 9.17) is 22.1 Å². The average molecular weight is 309 g/mol. The number of aryl methyl sites for hydroxylation is 1. The zero-order chi connectivity index (χ0) is 15.4. The molecule has 0 saturated carbocycles. The van der Waals surface area contributed by atoms with Crippen LogP contribution < -0.4 is 15.8 Å². The van der Waals surface area contributed by atoms with Gasteiger partial charge in [0.1, 0.15) is 5.75 Å². The summed E-state index contributed by atoms with van der Waals surface area (Å²) in [5.74, 6) is 0.262. The maximum atomic E-state index is 12.1. The molecule has 0 saturated heterocycles. The maximum absolute atomic E-state index is 12.1. The maximum Gasteiger partial charge on any atom is 0.274 e. The zero-order valence-electron chi connectivity index (χ0n) is 11.9. The highest BCUT2D eigenvalue weighted by Gasteiger charge is 2.17. The van der Waals surface area contributed by atoms with Gasteiger partial charge in [-0.15, -0.1) is 0 Å². The van der Waals surface area contributed by atoms with E-state index in [-0.39, 0.29) is 18.1 Å². The topological polar surface area (TPSA) is 93.0 Å². The SMILES string of the molecule is CCc1[nH]nc(C(=O)NCc2c(Cl)cccc2OC)c1N. The number of hydrogen-bond acceptors (Lipinski definition) is 4. The Balaban J connectivity index is 2.13. The molecule has 7 heteroatoms. The first-order valence-electron chi connectivity index (χ1n) is 6.50. The van der Waals surface area contributed by atoms with Crippen LogP contribution in [0.1, 0.15) is 28.7 Å². The van der Waals surface area contributed by atoms with Gasteiger partial charge < -0.3 is 15.8 Å². The van der Waals surface area contributed by atoms with Crippen LogP contribution in [0.15, 0.2) is 18.2 Å². The minimum atomic E-state index is -0.356. The molecule has 21 heavy (non-hydrogen) atoms. The van der Waals surface area contributed by atoms with Crippen LogP contribution in [-0.4, -0.2) is 23.2 Å². The van der Waals surface area contributed by atoms with E-state index in [2.05, 4.69) is 15.5 Å². The number of carbonyl (C=O) groups is 1. The van der Waals surface area contributed by atoms with Crippen molar-refractivity contribution in [3.05, 3.63) is 40.2 Å². The summed E-state index contributed by atoms with van der Waals surface area (Å²) in [6, 6.07) is 5.31. The van der Waals surface area contributed by atoms with Crippen LogP contribution in [0.2, 0.25) is 5.02 Å². The molecule has 0 aliphatic carbocycles. The van der Waals surface area contributed by atoms with Gasteiger partial charge >= 0.3 is 0 Å². The predicted octanol–water partition coefficient (Wildman–Crippen LogP) is 2.15. The Bertz CT molecular complexity index is 654. The number of nitrogens with one attached hydrogen (secondary N) is 2. The molecule has 0 unspecified atom stereocenters. The molecule has 0 aliphatic rings. The number of amides is 1. The summed E-state index contributed by atoms with van der Waals surface area (Å²) in [4.78, 5) is 12.1. The number of aromatic nitrogens is 2. The molecule has 1 aromatic carbocycles. The molecule has 6 nitrogen and oxygen atoms in total. The number of methoxy groups -OCH3 is 1. The second kappa shape index (κ2) is 6.49. The van der Waals surface area contributed by atoms with E-state index in [1.54, 1.807) is 25.3 Å². The fraction of sp³-hybridized carbons (Fsp3) is 0.286. The quantitative estimate of drug-likeness (QED) is 0.789. The summed E-state index contributed by atoms with van der Waals surface area (Å²) in [6.07, 6.45) is 0.685. The summed E-state index contributed by atoms with van der Waals surface area (Å²) in [5, 5.41) is 9.96. The minimum Gasteiger partial charge on any atom is -0.496 e. The summed E-state index contributed by atoms with van der Waals surface area (Å²) in [6.45, 7) is 2.16. The first-order valence-corrected chi connectivity index (χ1v) is 6.88. The highest BCUT2D eigenvalue weighted by molar-refractivity contribution is 6.31. The molecule has 0 spiro atoms. The number of nitrogen functional groups attached to an aromatic ring is 1. The van der Waals surface area contributed by atoms with Crippen molar-refractivity contribution < 1.29 is 9.53 Å². The first-order chi connectivity index (χ1) is 10.1. The lowest BCUT2D eigenvalue weighted by molar-refractivity contribution is 0.0946. The Morgan fingerprint density at radius 3 is 2.90 bits per heavy atom. The molecule has 1 amide bonds. The van der Waals surface area contributed by atoms with Gasteiger partial charge in [-0.2, -0.15) is 5.10 Å². The van der Waals surface area contributed by atoms with Gasteiger partial charge in [0, 0.05) is 17.1 Å². The van der Waals surface area contributed by atoms with Crippen molar-refractivity contribution >= 4 is 23.2 Å². The number of rotatable bonds is 5. The van der Waals surface area contributed by atoms with Gasteiger partial charge in [-0.3, -0.25) is 9.89 Å². The number of H-pyrrole nitrogens is 1. The van der Waals surface area contributed by atoms with Gasteiger partial charge in [-0.1, -0.05) is 24.6 Å². The number of nitrogens with zero attached hydrogens (tertiary/aromatic N) is 1. The summed E-state index contributed by atoms with van der Waals surface area (Å²) in [5.41, 5.74) is 7.89. The third-order valence-corrected chi connectivity index (χ3v) is 3.53. The molecule has 0 atom stereocenters. The number of carbonyl (C=O) groups excluding carboxylic acids is 1. The number of halogens is 1. The van der Waals surface area contributed by atoms with Crippen LogP contribution in [0.3, 0.4) is 0 Å². The van der Waals surface area contributed by atoms with Crippen molar-refractivity contribution in [2.45, 2.75) is 19.9 Å². The molecule has 4 N–H and O–H groups in total. The first kappa shape index (κ1) is 15.2. The molecule has 0 radical (unpaired) electrons. The summed E-state index contributed by atoms with van der Waals surface area (Å²) >= 11 is 6.12. The Morgan fingerprint density at radius 1 is 1.52 bits per heavy atom. The van der Waals surface area contributed by atoms with E-state index in [9.17, 15) is 4.79 Å². The predicted molar refractivity (Wildman–Crippen MR) is 81.6 cm³/mol. The van der Waals surface area contributed by atoms with Crippen molar-refractivity contribution in [3.63, 3.8) is 0 Å². The van der Waals surface area contributed by atoms with Crippen molar-refractivity contribution in [3.8, 4) is 5.75 Å². The smallest absolute Gasteiger partial charge is 0.274 e. The van der Waals surface area contributed by atoms with Crippen molar-refractivity contribution in [1.29, 1.82) is 0 Å². The second-order valence-electron chi connectivity index (χ2n) is 4.42. The lowest BCUT2D eigenvalue weighted by atomic mass is 10.2. The monoisotopic (exact) mass is 308 g/mol. The van der Waals surface area contributed by atoms with Crippen molar-refractivity contribution in [2.24, 2.45) is 0 Å². The van der Waals surface area contributed by atoms with Crippen LogP contribution in [-0.2, 0) is 13.0 Å². The number of anilines is 1. The molecule has 0 fully saturated rings.